The maximum atomic E-state index is 11.6. The zero-order valence-corrected chi connectivity index (χ0v) is 11.1. The Morgan fingerprint density at radius 1 is 1.15 bits per heavy atom. The molecule has 1 aromatic rings. The van der Waals surface area contributed by atoms with Crippen LogP contribution in [0.4, 0.5) is 16.2 Å². The third kappa shape index (κ3) is 2.29. The Kier molecular flexibility index (Phi) is 3.22. The van der Waals surface area contributed by atoms with Crippen LogP contribution in [-0.2, 0) is 11.2 Å². The van der Waals surface area contributed by atoms with E-state index in [9.17, 15) is 9.59 Å². The molecule has 2 N–H and O–H groups in total. The van der Waals surface area contributed by atoms with Gasteiger partial charge >= 0.3 is 6.09 Å². The van der Waals surface area contributed by atoms with Gasteiger partial charge in [-0.1, -0.05) is 12.1 Å². The number of hydrogen-bond donors (Lipinski definition) is 2. The number of aryl methyl sites for hydroxylation is 1. The molecule has 6 heteroatoms. The molecule has 6 nitrogen and oxygen atoms in total. The Morgan fingerprint density at radius 3 is 2.60 bits per heavy atom. The van der Waals surface area contributed by atoms with Crippen LogP contribution in [-0.4, -0.2) is 48.2 Å². The Balaban J connectivity index is 1.82. The van der Waals surface area contributed by atoms with E-state index in [1.165, 1.54) is 4.90 Å². The lowest BCUT2D eigenvalue weighted by atomic mass is 10.0. The van der Waals surface area contributed by atoms with Gasteiger partial charge in [0.2, 0.25) is 5.91 Å². The lowest BCUT2D eigenvalue weighted by molar-refractivity contribution is -0.116. The van der Waals surface area contributed by atoms with Gasteiger partial charge in [0.25, 0.3) is 0 Å². The number of hydrogen-bond acceptors (Lipinski definition) is 3. The molecule has 20 heavy (non-hydrogen) atoms. The summed E-state index contributed by atoms with van der Waals surface area (Å²) in [6, 6.07) is 6.02. The van der Waals surface area contributed by atoms with E-state index in [2.05, 4.69) is 10.2 Å². The van der Waals surface area contributed by atoms with Crippen molar-refractivity contribution < 1.29 is 14.7 Å². The second kappa shape index (κ2) is 5.03. The lowest BCUT2D eigenvalue weighted by Crippen LogP contribution is -2.48. The zero-order valence-electron chi connectivity index (χ0n) is 11.1. The number of benzene rings is 1. The molecule has 106 valence electrons. The minimum Gasteiger partial charge on any atom is -0.465 e. The number of piperazine rings is 1. The molecule has 1 fully saturated rings. The third-order valence-electron chi connectivity index (χ3n) is 3.91. The summed E-state index contributed by atoms with van der Waals surface area (Å²) in [6.07, 6.45) is 0.431. The van der Waals surface area contributed by atoms with Gasteiger partial charge < -0.3 is 20.2 Å². The summed E-state index contributed by atoms with van der Waals surface area (Å²) in [6.45, 7) is 2.29. The fourth-order valence-corrected chi connectivity index (χ4v) is 2.79. The van der Waals surface area contributed by atoms with Crippen molar-refractivity contribution in [2.45, 2.75) is 12.8 Å². The van der Waals surface area contributed by atoms with Crippen molar-refractivity contribution in [3.05, 3.63) is 23.8 Å². The summed E-state index contributed by atoms with van der Waals surface area (Å²) in [5.74, 6) is 0.0501. The summed E-state index contributed by atoms with van der Waals surface area (Å²) < 4.78 is 0. The van der Waals surface area contributed by atoms with Gasteiger partial charge in [0.05, 0.1) is 11.4 Å². The van der Waals surface area contributed by atoms with Crippen LogP contribution in [0.3, 0.4) is 0 Å². The van der Waals surface area contributed by atoms with Crippen molar-refractivity contribution in [2.75, 3.05) is 36.4 Å². The molecule has 0 unspecified atom stereocenters. The maximum absolute atomic E-state index is 11.6. The Bertz CT molecular complexity index is 551. The minimum atomic E-state index is -0.868. The molecule has 0 aliphatic carbocycles. The maximum Gasteiger partial charge on any atom is 0.407 e. The summed E-state index contributed by atoms with van der Waals surface area (Å²) in [5, 5.41) is 11.9. The average molecular weight is 275 g/mol. The standard InChI is InChI=1S/C14H17N3O3/c18-12-5-4-10-2-1-3-11(13(10)15-12)16-6-8-17(9-7-16)14(19)20/h1-3H,4-9H2,(H,15,18)(H,19,20). The number of para-hydroxylation sites is 1. The molecular weight excluding hydrogens is 258 g/mol. The highest BCUT2D eigenvalue weighted by Gasteiger charge is 2.25. The number of carboxylic acid groups (broad SMARTS) is 1. The predicted molar refractivity (Wildman–Crippen MR) is 75.2 cm³/mol. The SMILES string of the molecule is O=C1CCc2cccc(N3CCN(C(=O)O)CC3)c2N1. The normalized spacial score (nSPS) is 18.5. The molecule has 0 radical (unpaired) electrons. The Labute approximate surface area is 117 Å². The summed E-state index contributed by atoms with van der Waals surface area (Å²) in [7, 11) is 0. The molecule has 2 aliphatic rings. The molecule has 1 aromatic carbocycles. The first-order chi connectivity index (χ1) is 9.65. The van der Waals surface area contributed by atoms with E-state index in [0.717, 1.165) is 23.4 Å². The molecule has 0 spiro atoms. The van der Waals surface area contributed by atoms with Gasteiger partial charge in [0, 0.05) is 32.6 Å². The molecule has 2 aliphatic heterocycles. The summed E-state index contributed by atoms with van der Waals surface area (Å²) in [5.41, 5.74) is 3.05. The van der Waals surface area contributed by atoms with Crippen LogP contribution in [0.25, 0.3) is 0 Å². The van der Waals surface area contributed by atoms with Crippen molar-refractivity contribution in [1.29, 1.82) is 0 Å². The highest BCUT2D eigenvalue weighted by molar-refractivity contribution is 5.98. The molecule has 1 saturated heterocycles. The summed E-state index contributed by atoms with van der Waals surface area (Å²) >= 11 is 0. The van der Waals surface area contributed by atoms with Crippen molar-refractivity contribution in [3.8, 4) is 0 Å². The molecule has 0 bridgehead atoms. The number of fused-ring (bicyclic) bond motifs is 1. The molecule has 2 heterocycles. The second-order valence-electron chi connectivity index (χ2n) is 5.12. The smallest absolute Gasteiger partial charge is 0.407 e. The van der Waals surface area contributed by atoms with Crippen LogP contribution in [0, 0.1) is 0 Å². The van der Waals surface area contributed by atoms with Gasteiger partial charge in [0.1, 0.15) is 0 Å². The van der Waals surface area contributed by atoms with E-state index in [1.807, 2.05) is 18.2 Å². The molecule has 0 saturated carbocycles. The first-order valence-electron chi connectivity index (χ1n) is 6.80. The topological polar surface area (TPSA) is 72.9 Å². The van der Waals surface area contributed by atoms with Crippen molar-refractivity contribution in [2.24, 2.45) is 0 Å². The fraction of sp³-hybridized carbons (Fsp3) is 0.429. The van der Waals surface area contributed by atoms with Gasteiger partial charge in [0.15, 0.2) is 0 Å². The second-order valence-corrected chi connectivity index (χ2v) is 5.12. The predicted octanol–water partition coefficient (Wildman–Crippen LogP) is 1.37. The van der Waals surface area contributed by atoms with Gasteiger partial charge in [-0.05, 0) is 18.1 Å². The van der Waals surface area contributed by atoms with Crippen molar-refractivity contribution >= 4 is 23.4 Å². The van der Waals surface area contributed by atoms with Crippen molar-refractivity contribution in [3.63, 3.8) is 0 Å². The Morgan fingerprint density at radius 2 is 1.90 bits per heavy atom. The first-order valence-corrected chi connectivity index (χ1v) is 6.80. The Hall–Kier alpha value is -2.24. The molecule has 2 amide bonds. The fourth-order valence-electron chi connectivity index (χ4n) is 2.79. The molecule has 3 rings (SSSR count). The molecular formula is C14H17N3O3. The van der Waals surface area contributed by atoms with Crippen molar-refractivity contribution in [1.82, 2.24) is 4.90 Å². The van der Waals surface area contributed by atoms with Crippen LogP contribution >= 0.6 is 0 Å². The van der Waals surface area contributed by atoms with E-state index < -0.39 is 6.09 Å². The summed E-state index contributed by atoms with van der Waals surface area (Å²) in [4.78, 5) is 26.1. The highest BCUT2D eigenvalue weighted by atomic mass is 16.4. The zero-order chi connectivity index (χ0) is 14.1. The van der Waals surface area contributed by atoms with Gasteiger partial charge in [-0.2, -0.15) is 0 Å². The van der Waals surface area contributed by atoms with Crippen LogP contribution in [0.2, 0.25) is 0 Å². The van der Waals surface area contributed by atoms with Crippen LogP contribution in [0.1, 0.15) is 12.0 Å². The first kappa shape index (κ1) is 12.8. The lowest BCUT2D eigenvalue weighted by Gasteiger charge is -2.36. The van der Waals surface area contributed by atoms with Crippen LogP contribution in [0.5, 0.6) is 0 Å². The number of carbonyl (C=O) groups excluding carboxylic acids is 1. The number of carbonyl (C=O) groups is 2. The van der Waals surface area contributed by atoms with Crippen LogP contribution < -0.4 is 10.2 Å². The van der Waals surface area contributed by atoms with Gasteiger partial charge in [-0.15, -0.1) is 0 Å². The van der Waals surface area contributed by atoms with Crippen LogP contribution in [0.15, 0.2) is 18.2 Å². The average Bonchev–Trinajstić information content (AvgIpc) is 2.46. The quantitative estimate of drug-likeness (QED) is 0.812. The number of anilines is 2. The number of nitrogens with zero attached hydrogens (tertiary/aromatic N) is 2. The molecule has 0 aromatic heterocycles. The van der Waals surface area contributed by atoms with E-state index in [-0.39, 0.29) is 5.91 Å². The number of nitrogens with one attached hydrogen (secondary N) is 1. The molecule has 0 atom stereocenters. The van der Waals surface area contributed by atoms with Gasteiger partial charge in [-0.3, -0.25) is 4.79 Å². The minimum absolute atomic E-state index is 0.0501. The van der Waals surface area contributed by atoms with E-state index in [0.29, 0.717) is 32.6 Å². The van der Waals surface area contributed by atoms with E-state index in [1.54, 1.807) is 0 Å². The van der Waals surface area contributed by atoms with E-state index >= 15 is 0 Å². The van der Waals surface area contributed by atoms with Gasteiger partial charge in [-0.25, -0.2) is 4.79 Å². The largest absolute Gasteiger partial charge is 0.465 e. The number of amides is 2. The third-order valence-corrected chi connectivity index (χ3v) is 3.91. The van der Waals surface area contributed by atoms with E-state index in [4.69, 9.17) is 5.11 Å². The monoisotopic (exact) mass is 275 g/mol. The number of rotatable bonds is 1. The highest BCUT2D eigenvalue weighted by Crippen LogP contribution is 2.33.